The van der Waals surface area contributed by atoms with Gasteiger partial charge in [0.2, 0.25) is 17.6 Å². The van der Waals surface area contributed by atoms with Gasteiger partial charge in [-0.2, -0.15) is 0 Å². The van der Waals surface area contributed by atoms with Crippen LogP contribution in [0.4, 0.5) is 0 Å². The van der Waals surface area contributed by atoms with Crippen LogP contribution in [0.15, 0.2) is 42.5 Å². The second-order valence-corrected chi connectivity index (χ2v) is 16.5. The first kappa shape index (κ1) is 44.3. The number of likely N-dealkylation sites (N-methyl/N-ethyl adjacent to an activating group) is 1. The van der Waals surface area contributed by atoms with E-state index in [1.54, 1.807) is 6.07 Å². The number of fused-ring (bicyclic) bond motifs is 2. The van der Waals surface area contributed by atoms with Gasteiger partial charge in [0.25, 0.3) is 0 Å². The van der Waals surface area contributed by atoms with Crippen molar-refractivity contribution in [1.82, 2.24) is 15.5 Å². The van der Waals surface area contributed by atoms with Crippen molar-refractivity contribution in [2.75, 3.05) is 40.3 Å². The second kappa shape index (κ2) is 17.8. The van der Waals surface area contributed by atoms with E-state index in [1.165, 1.54) is 27.7 Å². The molecule has 4 rings (SSSR count). The van der Waals surface area contributed by atoms with Crippen molar-refractivity contribution >= 4 is 29.7 Å². The van der Waals surface area contributed by atoms with Crippen molar-refractivity contribution in [2.24, 2.45) is 11.3 Å². The summed E-state index contributed by atoms with van der Waals surface area (Å²) in [5.41, 5.74) is 0.277. The average molecular weight is 782 g/mol. The molecule has 14 heteroatoms. The van der Waals surface area contributed by atoms with Crippen LogP contribution in [0.2, 0.25) is 0 Å². The van der Waals surface area contributed by atoms with Gasteiger partial charge in [0.15, 0.2) is 11.7 Å². The first-order valence-electron chi connectivity index (χ1n) is 19.1. The van der Waals surface area contributed by atoms with Gasteiger partial charge in [-0.15, -0.1) is 0 Å². The zero-order valence-corrected chi connectivity index (χ0v) is 34.2. The largest absolute Gasteiger partial charge is 0.481 e. The van der Waals surface area contributed by atoms with Gasteiger partial charge in [0.1, 0.15) is 6.10 Å². The van der Waals surface area contributed by atoms with Crippen molar-refractivity contribution in [3.05, 3.63) is 70.3 Å². The summed E-state index contributed by atoms with van der Waals surface area (Å²) in [6, 6.07) is 13.6. The number of nitrogens with one attached hydrogen (secondary N) is 2. The molecule has 0 saturated carbocycles. The molecule has 2 aliphatic rings. The predicted octanol–water partition coefficient (Wildman–Crippen LogP) is 3.41. The van der Waals surface area contributed by atoms with Crippen LogP contribution in [0.1, 0.15) is 88.6 Å². The number of carboxylic acids is 1. The average Bonchev–Trinajstić information content (AvgIpc) is 3.48. The number of aliphatic carboxylic acids is 1. The summed E-state index contributed by atoms with van der Waals surface area (Å²) in [5.74, 6) is -5.83. The zero-order valence-electron chi connectivity index (χ0n) is 34.2. The first-order chi connectivity index (χ1) is 26.1. The summed E-state index contributed by atoms with van der Waals surface area (Å²) in [5, 5.41) is 27.3. The molecule has 2 aromatic carbocycles. The number of hydrogen-bond acceptors (Lipinski definition) is 11. The Morgan fingerprint density at radius 2 is 1.55 bits per heavy atom. The quantitative estimate of drug-likeness (QED) is 0.162. The normalized spacial score (nSPS) is 23.4. The Balaban J connectivity index is 1.48. The molecule has 2 amide bonds. The molecule has 308 valence electrons. The van der Waals surface area contributed by atoms with Gasteiger partial charge in [-0.05, 0) is 96.3 Å². The second-order valence-electron chi connectivity index (χ2n) is 16.5. The SMILES string of the molecule is CC(=O)O[C@@H]1[C@@H](CC(=O)O)[C@H](OC(C)=O)[C@]2(C(C)(C)O)CO[C@@]1(c1ccc(C)c(Cc3ccc(CCCC(=O)NCC(C)(C)C(=O)NCCN(C)C)cc3)c1)O2. The standard InChI is InChI=1S/C42H59N3O11/c1-26-13-18-32(42-37(55-28(3)47)33(23-35(49)50)36(54-27(2)46)41(56-42,25-53-42)40(6,7)52)22-31(26)21-30-16-14-29(15-17-30)11-10-12-34(48)44-24-39(4,5)38(51)43-19-20-45(8)9/h13-18,22,33,36-37,52H,10-12,19-21,23-25H2,1-9H3,(H,43,51)(H,44,48)(H,49,50)/t33-,36-,37+,41-,42-/m0/s1. The molecule has 2 fully saturated rings. The van der Waals surface area contributed by atoms with Crippen LogP contribution >= 0.6 is 0 Å². The molecule has 0 aromatic heterocycles. The molecule has 2 saturated heterocycles. The maximum absolute atomic E-state index is 12.6. The lowest BCUT2D eigenvalue weighted by Gasteiger charge is -2.53. The number of aliphatic hydroxyl groups is 1. The molecule has 56 heavy (non-hydrogen) atoms. The fraction of sp³-hybridized carbons (Fsp3) is 0.595. The highest BCUT2D eigenvalue weighted by atomic mass is 16.8. The Bertz CT molecular complexity index is 1750. The van der Waals surface area contributed by atoms with Gasteiger partial charge in [-0.3, -0.25) is 24.0 Å². The Labute approximate surface area is 329 Å². The van der Waals surface area contributed by atoms with Crippen LogP contribution in [0.25, 0.3) is 0 Å². The number of amides is 2. The highest BCUT2D eigenvalue weighted by molar-refractivity contribution is 5.83. The van der Waals surface area contributed by atoms with Crippen LogP contribution in [0.5, 0.6) is 0 Å². The minimum absolute atomic E-state index is 0.103. The number of hydrogen-bond donors (Lipinski definition) is 4. The highest BCUT2D eigenvalue weighted by Crippen LogP contribution is 2.57. The van der Waals surface area contributed by atoms with E-state index in [1.807, 2.05) is 76.2 Å². The van der Waals surface area contributed by atoms with Crippen molar-refractivity contribution in [2.45, 2.75) is 110 Å². The fourth-order valence-corrected chi connectivity index (χ4v) is 7.38. The first-order valence-corrected chi connectivity index (χ1v) is 19.1. The third-order valence-corrected chi connectivity index (χ3v) is 10.7. The summed E-state index contributed by atoms with van der Waals surface area (Å²) < 4.78 is 24.6. The Morgan fingerprint density at radius 1 is 0.929 bits per heavy atom. The number of aryl methyl sites for hydroxylation is 2. The number of nitrogens with zero attached hydrogens (tertiary/aromatic N) is 1. The summed E-state index contributed by atoms with van der Waals surface area (Å²) in [7, 11) is 3.88. The lowest BCUT2D eigenvalue weighted by atomic mass is 9.70. The number of carboxylic acid groups (broad SMARTS) is 1. The molecule has 0 radical (unpaired) electrons. The maximum Gasteiger partial charge on any atom is 0.303 e. The monoisotopic (exact) mass is 781 g/mol. The summed E-state index contributed by atoms with van der Waals surface area (Å²) in [6.45, 7) is 12.1. The van der Waals surface area contributed by atoms with Gasteiger partial charge >= 0.3 is 17.9 Å². The van der Waals surface area contributed by atoms with E-state index >= 15 is 0 Å². The van der Waals surface area contributed by atoms with Crippen LogP contribution in [-0.2, 0) is 61.5 Å². The molecule has 2 aliphatic heterocycles. The van der Waals surface area contributed by atoms with Gasteiger partial charge in [0.05, 0.1) is 30.0 Å². The third kappa shape index (κ3) is 10.3. The van der Waals surface area contributed by atoms with Crippen LogP contribution in [-0.4, -0.2) is 109 Å². The number of esters is 2. The lowest BCUT2D eigenvalue weighted by Crippen LogP contribution is -2.70. The van der Waals surface area contributed by atoms with Crippen LogP contribution in [0, 0.1) is 18.3 Å². The molecule has 2 heterocycles. The van der Waals surface area contributed by atoms with Crippen LogP contribution in [0.3, 0.4) is 0 Å². The molecule has 0 spiro atoms. The van der Waals surface area contributed by atoms with E-state index in [4.69, 9.17) is 18.9 Å². The van der Waals surface area contributed by atoms with Crippen molar-refractivity contribution < 1.29 is 53.1 Å². The molecular formula is C42H59N3O11. The summed E-state index contributed by atoms with van der Waals surface area (Å²) in [6.07, 6.45) is -1.06. The van der Waals surface area contributed by atoms with Crippen molar-refractivity contribution in [1.29, 1.82) is 0 Å². The molecule has 4 N–H and O–H groups in total. The third-order valence-electron chi connectivity index (χ3n) is 10.7. The topological polar surface area (TPSA) is 190 Å². The Kier molecular flexibility index (Phi) is 14.1. The maximum atomic E-state index is 12.6. The number of ether oxygens (including phenoxy) is 4. The summed E-state index contributed by atoms with van der Waals surface area (Å²) in [4.78, 5) is 64.3. The smallest absolute Gasteiger partial charge is 0.303 e. The predicted molar refractivity (Wildman–Crippen MR) is 206 cm³/mol. The molecular weight excluding hydrogens is 722 g/mol. The Morgan fingerprint density at radius 3 is 2.14 bits per heavy atom. The van der Waals surface area contributed by atoms with E-state index in [0.29, 0.717) is 37.8 Å². The Hall–Kier alpha value is -4.37. The van der Waals surface area contributed by atoms with Gasteiger partial charge in [-0.25, -0.2) is 0 Å². The molecule has 0 aliphatic carbocycles. The fourth-order valence-electron chi connectivity index (χ4n) is 7.38. The molecule has 2 bridgehead atoms. The molecule has 5 atom stereocenters. The number of benzene rings is 2. The van der Waals surface area contributed by atoms with Crippen molar-refractivity contribution in [3.63, 3.8) is 0 Å². The van der Waals surface area contributed by atoms with Gasteiger partial charge in [0, 0.05) is 45.5 Å². The summed E-state index contributed by atoms with van der Waals surface area (Å²) >= 11 is 0. The number of rotatable bonds is 18. The number of carbonyl (C=O) groups is 5. The molecule has 0 unspecified atom stereocenters. The van der Waals surface area contributed by atoms with Gasteiger partial charge < -0.3 is 44.7 Å². The minimum atomic E-state index is -1.82. The zero-order chi connectivity index (χ0) is 41.6. The number of carbonyl (C=O) groups excluding carboxylic acids is 4. The highest BCUT2D eigenvalue weighted by Gasteiger charge is 2.74. The van der Waals surface area contributed by atoms with E-state index in [-0.39, 0.29) is 25.0 Å². The van der Waals surface area contributed by atoms with E-state index < -0.39 is 64.9 Å². The van der Waals surface area contributed by atoms with E-state index in [2.05, 4.69) is 10.6 Å². The van der Waals surface area contributed by atoms with Crippen LogP contribution < -0.4 is 10.6 Å². The van der Waals surface area contributed by atoms with E-state index in [9.17, 15) is 34.2 Å². The van der Waals surface area contributed by atoms with Crippen molar-refractivity contribution in [3.8, 4) is 0 Å². The molecule has 2 aromatic rings. The van der Waals surface area contributed by atoms with Gasteiger partial charge in [-0.1, -0.05) is 36.4 Å². The minimum Gasteiger partial charge on any atom is -0.481 e. The van der Waals surface area contributed by atoms with E-state index in [0.717, 1.165) is 28.8 Å². The molecule has 14 nitrogen and oxygen atoms in total. The lowest BCUT2D eigenvalue weighted by molar-refractivity contribution is -0.341.